The molecule has 0 aromatic heterocycles. The maximum absolute atomic E-state index is 13.5. The summed E-state index contributed by atoms with van der Waals surface area (Å²) in [6, 6.07) is 10.4. The van der Waals surface area contributed by atoms with Gasteiger partial charge in [0.2, 0.25) is 0 Å². The molecule has 0 bridgehead atoms. The van der Waals surface area contributed by atoms with Crippen LogP contribution in [-0.2, 0) is 0 Å². The first-order chi connectivity index (χ1) is 11.0. The monoisotopic (exact) mass is 319 g/mol. The van der Waals surface area contributed by atoms with E-state index in [0.29, 0.717) is 5.69 Å². The number of nitro groups is 1. The Morgan fingerprint density at radius 2 is 1.87 bits per heavy atom. The van der Waals surface area contributed by atoms with Crippen LogP contribution in [0.4, 0.5) is 20.6 Å². The summed E-state index contributed by atoms with van der Waals surface area (Å²) in [5, 5.41) is 25.2. The number of nitro benzene ring substituents is 1. The van der Waals surface area contributed by atoms with Crippen molar-refractivity contribution in [2.45, 2.75) is 6.10 Å². The van der Waals surface area contributed by atoms with Crippen molar-refractivity contribution in [2.75, 3.05) is 11.9 Å². The summed E-state index contributed by atoms with van der Waals surface area (Å²) in [6.45, 7) is -0.181. The van der Waals surface area contributed by atoms with E-state index in [9.17, 15) is 24.4 Å². The Morgan fingerprint density at radius 1 is 1.22 bits per heavy atom. The summed E-state index contributed by atoms with van der Waals surface area (Å²) >= 11 is 0. The van der Waals surface area contributed by atoms with Crippen molar-refractivity contribution in [3.8, 4) is 0 Å². The summed E-state index contributed by atoms with van der Waals surface area (Å²) in [5.41, 5.74) is 0.350. The van der Waals surface area contributed by atoms with Crippen molar-refractivity contribution < 1.29 is 19.2 Å². The number of benzene rings is 2. The van der Waals surface area contributed by atoms with Crippen LogP contribution >= 0.6 is 0 Å². The average Bonchev–Trinajstić information content (AvgIpc) is 2.53. The largest absolute Gasteiger partial charge is 0.386 e. The minimum atomic E-state index is -1.18. The Morgan fingerprint density at radius 3 is 2.48 bits per heavy atom. The van der Waals surface area contributed by atoms with Crippen LogP contribution in [0.15, 0.2) is 48.5 Å². The number of nitrogens with one attached hydrogen (secondary N) is 2. The Hall–Kier alpha value is -3.00. The van der Waals surface area contributed by atoms with Gasteiger partial charge in [-0.2, -0.15) is 0 Å². The summed E-state index contributed by atoms with van der Waals surface area (Å²) in [6.07, 6.45) is -1.18. The molecule has 0 aliphatic carbocycles. The van der Waals surface area contributed by atoms with Gasteiger partial charge < -0.3 is 15.7 Å². The Labute approximate surface area is 130 Å². The SMILES string of the molecule is O=C(NCC(O)c1ccccc1F)Nc1ccc([N+](=O)[O-])cc1. The van der Waals surface area contributed by atoms with Crippen molar-refractivity contribution in [1.82, 2.24) is 5.32 Å². The topological polar surface area (TPSA) is 104 Å². The molecule has 0 heterocycles. The molecule has 23 heavy (non-hydrogen) atoms. The molecule has 0 saturated heterocycles. The van der Waals surface area contributed by atoms with Crippen LogP contribution in [0, 0.1) is 15.9 Å². The highest BCUT2D eigenvalue weighted by Crippen LogP contribution is 2.17. The summed E-state index contributed by atoms with van der Waals surface area (Å²) in [4.78, 5) is 21.7. The van der Waals surface area contributed by atoms with Crippen molar-refractivity contribution in [3.63, 3.8) is 0 Å². The molecule has 2 aromatic rings. The molecule has 120 valence electrons. The molecule has 0 saturated carbocycles. The second kappa shape index (κ2) is 7.32. The number of carbonyl (C=O) groups is 1. The van der Waals surface area contributed by atoms with E-state index in [0.717, 1.165) is 0 Å². The van der Waals surface area contributed by atoms with E-state index >= 15 is 0 Å². The quantitative estimate of drug-likeness (QED) is 0.582. The van der Waals surface area contributed by atoms with E-state index in [4.69, 9.17) is 0 Å². The van der Waals surface area contributed by atoms with Gasteiger partial charge >= 0.3 is 6.03 Å². The molecule has 0 aliphatic heterocycles. The third-order valence-electron chi connectivity index (χ3n) is 3.06. The van der Waals surface area contributed by atoms with E-state index < -0.39 is 22.9 Å². The zero-order valence-corrected chi connectivity index (χ0v) is 11.9. The fraction of sp³-hybridized carbons (Fsp3) is 0.133. The van der Waals surface area contributed by atoms with Crippen molar-refractivity contribution in [1.29, 1.82) is 0 Å². The van der Waals surface area contributed by atoms with Crippen LogP contribution in [0.1, 0.15) is 11.7 Å². The first-order valence-corrected chi connectivity index (χ1v) is 6.69. The molecule has 1 unspecified atom stereocenters. The molecule has 8 heteroatoms. The smallest absolute Gasteiger partial charge is 0.319 e. The van der Waals surface area contributed by atoms with E-state index in [1.807, 2.05) is 0 Å². The fourth-order valence-corrected chi connectivity index (χ4v) is 1.89. The first-order valence-electron chi connectivity index (χ1n) is 6.69. The zero-order valence-electron chi connectivity index (χ0n) is 11.9. The van der Waals surface area contributed by atoms with E-state index in [-0.39, 0.29) is 17.8 Å². The van der Waals surface area contributed by atoms with Gasteiger partial charge in [-0.15, -0.1) is 0 Å². The molecule has 0 aliphatic rings. The van der Waals surface area contributed by atoms with E-state index in [1.54, 1.807) is 6.07 Å². The van der Waals surface area contributed by atoms with Crippen molar-refractivity contribution in [2.24, 2.45) is 0 Å². The summed E-state index contributed by atoms with van der Waals surface area (Å²) in [5.74, 6) is -0.558. The number of amides is 2. The second-order valence-corrected chi connectivity index (χ2v) is 4.68. The first kappa shape index (κ1) is 16.4. The number of nitrogens with zero attached hydrogens (tertiary/aromatic N) is 1. The molecule has 2 rings (SSSR count). The lowest BCUT2D eigenvalue weighted by Gasteiger charge is -2.13. The van der Waals surface area contributed by atoms with Crippen LogP contribution in [0.2, 0.25) is 0 Å². The van der Waals surface area contributed by atoms with Gasteiger partial charge in [-0.1, -0.05) is 18.2 Å². The molecule has 3 N–H and O–H groups in total. The number of aliphatic hydroxyl groups is 1. The molecule has 7 nitrogen and oxygen atoms in total. The lowest BCUT2D eigenvalue weighted by atomic mass is 10.1. The maximum Gasteiger partial charge on any atom is 0.319 e. The predicted molar refractivity (Wildman–Crippen MR) is 81.5 cm³/mol. The maximum atomic E-state index is 13.5. The van der Waals surface area contributed by atoms with E-state index in [2.05, 4.69) is 10.6 Å². The lowest BCUT2D eigenvalue weighted by Crippen LogP contribution is -2.32. The number of hydrogen-bond acceptors (Lipinski definition) is 4. The number of aliphatic hydroxyl groups excluding tert-OH is 1. The standard InChI is InChI=1S/C15H14FN3O4/c16-13-4-2-1-3-12(13)14(20)9-17-15(21)18-10-5-7-11(8-6-10)19(22)23/h1-8,14,20H,9H2,(H2,17,18,21). The van der Waals surface area contributed by atoms with Gasteiger partial charge in [0.1, 0.15) is 5.82 Å². The Balaban J connectivity index is 1.87. The number of halogens is 1. The molecular weight excluding hydrogens is 305 g/mol. The number of hydrogen-bond donors (Lipinski definition) is 3. The fourth-order valence-electron chi connectivity index (χ4n) is 1.89. The average molecular weight is 319 g/mol. The van der Waals surface area contributed by atoms with E-state index in [1.165, 1.54) is 42.5 Å². The molecule has 0 radical (unpaired) electrons. The van der Waals surface area contributed by atoms with Gasteiger partial charge in [0.05, 0.1) is 11.0 Å². The summed E-state index contributed by atoms with van der Waals surface area (Å²) in [7, 11) is 0. The molecule has 0 spiro atoms. The predicted octanol–water partition coefficient (Wildman–Crippen LogP) is 2.59. The van der Waals surface area contributed by atoms with Crippen LogP contribution < -0.4 is 10.6 Å². The highest BCUT2D eigenvalue weighted by atomic mass is 19.1. The zero-order chi connectivity index (χ0) is 16.8. The number of carbonyl (C=O) groups excluding carboxylic acids is 1. The Bertz CT molecular complexity index is 706. The highest BCUT2D eigenvalue weighted by Gasteiger charge is 2.13. The van der Waals surface area contributed by atoms with Crippen LogP contribution in [0.3, 0.4) is 0 Å². The van der Waals surface area contributed by atoms with Crippen LogP contribution in [0.5, 0.6) is 0 Å². The third-order valence-corrected chi connectivity index (χ3v) is 3.06. The Kier molecular flexibility index (Phi) is 5.21. The second-order valence-electron chi connectivity index (χ2n) is 4.68. The number of urea groups is 1. The minimum absolute atomic E-state index is 0.0862. The van der Waals surface area contributed by atoms with Crippen molar-refractivity contribution in [3.05, 3.63) is 70.0 Å². The number of non-ortho nitro benzene ring substituents is 1. The number of anilines is 1. The normalized spacial score (nSPS) is 11.6. The van der Waals surface area contributed by atoms with Gasteiger partial charge in [-0.3, -0.25) is 10.1 Å². The molecule has 2 aromatic carbocycles. The molecule has 2 amide bonds. The minimum Gasteiger partial charge on any atom is -0.386 e. The number of rotatable bonds is 5. The summed E-state index contributed by atoms with van der Waals surface area (Å²) < 4.78 is 13.5. The third kappa shape index (κ3) is 4.48. The molecule has 1 atom stereocenters. The van der Waals surface area contributed by atoms with Crippen molar-refractivity contribution >= 4 is 17.4 Å². The van der Waals surface area contributed by atoms with Crippen LogP contribution in [-0.4, -0.2) is 22.6 Å². The highest BCUT2D eigenvalue weighted by molar-refractivity contribution is 5.89. The van der Waals surface area contributed by atoms with Gasteiger partial charge in [0.25, 0.3) is 5.69 Å². The molecular formula is C15H14FN3O4. The van der Waals surface area contributed by atoms with Gasteiger partial charge in [-0.05, 0) is 18.2 Å². The molecule has 0 fully saturated rings. The van der Waals surface area contributed by atoms with Gasteiger partial charge in [-0.25, -0.2) is 9.18 Å². The lowest BCUT2D eigenvalue weighted by molar-refractivity contribution is -0.384. The van der Waals surface area contributed by atoms with Gasteiger partial charge in [0, 0.05) is 29.9 Å². The van der Waals surface area contributed by atoms with Crippen LogP contribution in [0.25, 0.3) is 0 Å². The van der Waals surface area contributed by atoms with Gasteiger partial charge in [0.15, 0.2) is 0 Å².